The topological polar surface area (TPSA) is 68.0 Å². The van der Waals surface area contributed by atoms with E-state index in [1.54, 1.807) is 10.8 Å². The van der Waals surface area contributed by atoms with Gasteiger partial charge < -0.3 is 9.67 Å². The summed E-state index contributed by atoms with van der Waals surface area (Å²) in [5.41, 5.74) is 2.52. The lowest BCUT2D eigenvalue weighted by molar-refractivity contribution is -0.137. The Morgan fingerprint density at radius 1 is 1.59 bits per heavy atom. The largest absolute Gasteiger partial charge is 0.480 e. The lowest BCUT2D eigenvalue weighted by Crippen LogP contribution is -2.11. The van der Waals surface area contributed by atoms with E-state index >= 15 is 0 Å². The van der Waals surface area contributed by atoms with Gasteiger partial charge in [0.1, 0.15) is 17.9 Å². The number of aryl methyl sites for hydroxylation is 1. The molecule has 88 valence electrons. The van der Waals surface area contributed by atoms with Crippen LogP contribution in [-0.4, -0.2) is 25.6 Å². The Morgan fingerprint density at radius 3 is 3.00 bits per heavy atom. The van der Waals surface area contributed by atoms with Crippen molar-refractivity contribution >= 4 is 17.1 Å². The molecule has 1 saturated carbocycles. The van der Waals surface area contributed by atoms with Crippen molar-refractivity contribution in [3.63, 3.8) is 0 Å². The Balaban J connectivity index is 2.19. The van der Waals surface area contributed by atoms with Crippen molar-refractivity contribution < 1.29 is 9.90 Å². The highest BCUT2D eigenvalue weighted by Crippen LogP contribution is 2.40. The monoisotopic (exact) mass is 231 g/mol. The summed E-state index contributed by atoms with van der Waals surface area (Å²) >= 11 is 0. The molecular formula is C12H13N3O2. The number of hydrogen-bond acceptors (Lipinski definition) is 3. The number of nitrogens with zero attached hydrogens (tertiary/aromatic N) is 3. The second kappa shape index (κ2) is 3.55. The van der Waals surface area contributed by atoms with Crippen LogP contribution in [0.4, 0.5) is 0 Å². The van der Waals surface area contributed by atoms with E-state index in [9.17, 15) is 4.79 Å². The van der Waals surface area contributed by atoms with Gasteiger partial charge in [0.25, 0.3) is 0 Å². The molecule has 0 bridgehead atoms. The fourth-order valence-electron chi connectivity index (χ4n) is 2.07. The van der Waals surface area contributed by atoms with Crippen LogP contribution in [0.15, 0.2) is 12.3 Å². The maximum absolute atomic E-state index is 10.9. The van der Waals surface area contributed by atoms with Crippen LogP contribution in [0.5, 0.6) is 0 Å². The van der Waals surface area contributed by atoms with Gasteiger partial charge in [-0.05, 0) is 31.4 Å². The second-order valence-electron chi connectivity index (χ2n) is 4.58. The highest BCUT2D eigenvalue weighted by atomic mass is 16.4. The molecule has 5 nitrogen and oxygen atoms in total. The van der Waals surface area contributed by atoms with Gasteiger partial charge in [0.05, 0.1) is 0 Å². The Hall–Kier alpha value is -1.91. The average Bonchev–Trinajstić information content (AvgIpc) is 3.03. The molecule has 0 aliphatic heterocycles. The first-order valence-corrected chi connectivity index (χ1v) is 5.69. The second-order valence-corrected chi connectivity index (χ2v) is 4.58. The van der Waals surface area contributed by atoms with E-state index < -0.39 is 5.97 Å². The van der Waals surface area contributed by atoms with Crippen LogP contribution >= 0.6 is 0 Å². The molecule has 0 spiro atoms. The minimum Gasteiger partial charge on any atom is -0.480 e. The molecule has 0 unspecified atom stereocenters. The Labute approximate surface area is 98.1 Å². The van der Waals surface area contributed by atoms with Crippen LogP contribution in [-0.2, 0) is 11.3 Å². The number of fused-ring (bicyclic) bond motifs is 1. The summed E-state index contributed by atoms with van der Waals surface area (Å²) in [4.78, 5) is 19.7. The molecule has 0 atom stereocenters. The predicted octanol–water partition coefficient (Wildman–Crippen LogP) is 1.70. The molecule has 0 aromatic carbocycles. The minimum absolute atomic E-state index is 0.0571. The fourth-order valence-corrected chi connectivity index (χ4v) is 2.07. The molecule has 1 N–H and O–H groups in total. The number of aromatic nitrogens is 3. The van der Waals surface area contributed by atoms with E-state index in [0.717, 1.165) is 29.7 Å². The number of carboxylic acid groups (broad SMARTS) is 1. The van der Waals surface area contributed by atoms with Crippen LogP contribution < -0.4 is 0 Å². The molecule has 2 aromatic heterocycles. The van der Waals surface area contributed by atoms with Gasteiger partial charge in [0, 0.05) is 12.1 Å². The molecule has 0 saturated heterocycles. The van der Waals surface area contributed by atoms with Gasteiger partial charge in [-0.3, -0.25) is 4.79 Å². The van der Waals surface area contributed by atoms with Crippen LogP contribution in [0.3, 0.4) is 0 Å². The Bertz CT molecular complexity index is 599. The lowest BCUT2D eigenvalue weighted by atomic mass is 10.3. The summed E-state index contributed by atoms with van der Waals surface area (Å²) in [5.74, 6) is 0.443. The quantitative estimate of drug-likeness (QED) is 0.873. The minimum atomic E-state index is -0.853. The first-order valence-electron chi connectivity index (χ1n) is 5.69. The van der Waals surface area contributed by atoms with Gasteiger partial charge in [-0.25, -0.2) is 9.97 Å². The van der Waals surface area contributed by atoms with Crippen LogP contribution in [0.2, 0.25) is 0 Å². The number of carbonyl (C=O) groups is 1. The Morgan fingerprint density at radius 2 is 2.35 bits per heavy atom. The molecule has 17 heavy (non-hydrogen) atoms. The van der Waals surface area contributed by atoms with E-state index in [-0.39, 0.29) is 6.54 Å². The maximum Gasteiger partial charge on any atom is 0.323 e. The SMILES string of the molecule is Cc1cnc2c(c1)nc(C1CC1)n2CC(=O)O. The summed E-state index contributed by atoms with van der Waals surface area (Å²) in [5, 5.41) is 8.95. The summed E-state index contributed by atoms with van der Waals surface area (Å²) < 4.78 is 1.73. The van der Waals surface area contributed by atoms with Gasteiger partial charge in [-0.1, -0.05) is 0 Å². The van der Waals surface area contributed by atoms with E-state index in [0.29, 0.717) is 11.6 Å². The van der Waals surface area contributed by atoms with E-state index in [4.69, 9.17) is 5.11 Å². The van der Waals surface area contributed by atoms with Crippen LogP contribution in [0.25, 0.3) is 11.2 Å². The predicted molar refractivity (Wildman–Crippen MR) is 61.9 cm³/mol. The zero-order chi connectivity index (χ0) is 12.0. The number of hydrogen-bond donors (Lipinski definition) is 1. The highest BCUT2D eigenvalue weighted by molar-refractivity contribution is 5.75. The summed E-state index contributed by atoms with van der Waals surface area (Å²) in [6, 6.07) is 1.95. The normalized spacial score (nSPS) is 15.4. The van der Waals surface area contributed by atoms with Crippen LogP contribution in [0, 0.1) is 6.92 Å². The first-order chi connectivity index (χ1) is 8.15. The van der Waals surface area contributed by atoms with Gasteiger partial charge in [0.15, 0.2) is 5.65 Å². The van der Waals surface area contributed by atoms with Crippen molar-refractivity contribution in [1.82, 2.24) is 14.5 Å². The number of aliphatic carboxylic acids is 1. The summed E-state index contributed by atoms with van der Waals surface area (Å²) in [6.07, 6.45) is 3.95. The standard InChI is InChI=1S/C12H13N3O2/c1-7-4-9-12(13-5-7)15(6-10(16)17)11(14-9)8-2-3-8/h4-5,8H,2-3,6H2,1H3,(H,16,17). The zero-order valence-electron chi connectivity index (χ0n) is 9.55. The highest BCUT2D eigenvalue weighted by Gasteiger charge is 2.30. The summed E-state index contributed by atoms with van der Waals surface area (Å²) in [6.45, 7) is 1.90. The van der Waals surface area contributed by atoms with Crippen LogP contribution in [0.1, 0.15) is 30.1 Å². The first kappa shape index (κ1) is 10.3. The van der Waals surface area contributed by atoms with Crippen molar-refractivity contribution in [2.24, 2.45) is 0 Å². The van der Waals surface area contributed by atoms with Gasteiger partial charge in [0.2, 0.25) is 0 Å². The molecule has 5 heteroatoms. The molecule has 0 amide bonds. The lowest BCUT2D eigenvalue weighted by Gasteiger charge is -2.03. The molecule has 2 aromatic rings. The van der Waals surface area contributed by atoms with Gasteiger partial charge >= 0.3 is 5.97 Å². The maximum atomic E-state index is 10.9. The fraction of sp³-hybridized carbons (Fsp3) is 0.417. The van der Waals surface area contributed by atoms with E-state index in [2.05, 4.69) is 9.97 Å². The molecule has 2 heterocycles. The third-order valence-electron chi connectivity index (χ3n) is 2.99. The molecular weight excluding hydrogens is 218 g/mol. The van der Waals surface area contributed by atoms with E-state index in [1.165, 1.54) is 0 Å². The van der Waals surface area contributed by atoms with Crippen molar-refractivity contribution in [3.05, 3.63) is 23.7 Å². The van der Waals surface area contributed by atoms with Gasteiger partial charge in [-0.15, -0.1) is 0 Å². The molecule has 1 fully saturated rings. The Kier molecular flexibility index (Phi) is 2.14. The molecule has 1 aliphatic carbocycles. The van der Waals surface area contributed by atoms with Gasteiger partial charge in [-0.2, -0.15) is 0 Å². The molecule has 3 rings (SSSR count). The van der Waals surface area contributed by atoms with E-state index in [1.807, 2.05) is 13.0 Å². The zero-order valence-corrected chi connectivity index (χ0v) is 9.55. The van der Waals surface area contributed by atoms with Crippen molar-refractivity contribution in [2.75, 3.05) is 0 Å². The average molecular weight is 231 g/mol. The summed E-state index contributed by atoms with van der Waals surface area (Å²) in [7, 11) is 0. The molecule has 1 aliphatic rings. The van der Waals surface area contributed by atoms with Crippen molar-refractivity contribution in [1.29, 1.82) is 0 Å². The number of carboxylic acids is 1. The smallest absolute Gasteiger partial charge is 0.323 e. The number of imidazole rings is 1. The third-order valence-corrected chi connectivity index (χ3v) is 2.99. The van der Waals surface area contributed by atoms with Crippen molar-refractivity contribution in [3.8, 4) is 0 Å². The van der Waals surface area contributed by atoms with Crippen molar-refractivity contribution in [2.45, 2.75) is 32.2 Å². The number of rotatable bonds is 3. The number of pyridine rings is 1. The molecule has 0 radical (unpaired) electrons. The third kappa shape index (κ3) is 1.77.